The molecule has 0 N–H and O–H groups in total. The minimum Gasteiger partial charge on any atom is -0.459 e. The zero-order valence-corrected chi connectivity index (χ0v) is 11.4. The Morgan fingerprint density at radius 2 is 2.50 bits per heavy atom. The molecule has 0 radical (unpaired) electrons. The Labute approximate surface area is 118 Å². The molecule has 2 saturated heterocycles. The number of amides is 1. The van der Waals surface area contributed by atoms with E-state index in [2.05, 4.69) is 6.58 Å². The van der Waals surface area contributed by atoms with E-state index in [9.17, 15) is 4.79 Å². The van der Waals surface area contributed by atoms with Crippen LogP contribution in [0.3, 0.4) is 0 Å². The Hall–Kier alpha value is -1.59. The summed E-state index contributed by atoms with van der Waals surface area (Å²) in [7, 11) is 0. The number of furan rings is 1. The molecule has 108 valence electrons. The molecular formula is C15H19NO4. The molecule has 3 heterocycles. The van der Waals surface area contributed by atoms with E-state index >= 15 is 0 Å². The summed E-state index contributed by atoms with van der Waals surface area (Å²) < 4.78 is 16.8. The van der Waals surface area contributed by atoms with Crippen LogP contribution in [-0.2, 0) is 9.47 Å². The number of carbonyl (C=O) groups excluding carboxylic acids is 1. The van der Waals surface area contributed by atoms with E-state index in [4.69, 9.17) is 13.9 Å². The lowest BCUT2D eigenvalue weighted by Gasteiger charge is -2.31. The minimum atomic E-state index is -0.0859. The van der Waals surface area contributed by atoms with Gasteiger partial charge in [0, 0.05) is 6.61 Å². The highest BCUT2D eigenvalue weighted by Crippen LogP contribution is 2.31. The number of ether oxygens (including phenoxy) is 2. The fourth-order valence-corrected chi connectivity index (χ4v) is 3.02. The summed E-state index contributed by atoms with van der Waals surface area (Å²) in [6.07, 6.45) is 5.03. The van der Waals surface area contributed by atoms with E-state index in [1.54, 1.807) is 18.2 Å². The fraction of sp³-hybridized carbons (Fsp3) is 0.533. The molecule has 5 nitrogen and oxygen atoms in total. The van der Waals surface area contributed by atoms with Crippen LogP contribution < -0.4 is 0 Å². The SMILES string of the molecule is C=CCO[C@H]1CN(C(=O)c2ccco2)[C@@H]2CCCO[C@H]12. The normalized spacial score (nSPS) is 29.2. The highest BCUT2D eigenvalue weighted by Gasteiger charge is 2.47. The Balaban J connectivity index is 1.77. The molecule has 0 aliphatic carbocycles. The first kappa shape index (κ1) is 13.4. The number of likely N-dealkylation sites (tertiary alicyclic amines) is 1. The van der Waals surface area contributed by atoms with E-state index in [0.29, 0.717) is 18.9 Å². The van der Waals surface area contributed by atoms with Gasteiger partial charge in [-0.2, -0.15) is 0 Å². The molecule has 20 heavy (non-hydrogen) atoms. The van der Waals surface area contributed by atoms with Crippen molar-refractivity contribution in [1.82, 2.24) is 4.90 Å². The molecule has 3 rings (SSSR count). The Morgan fingerprint density at radius 1 is 1.60 bits per heavy atom. The van der Waals surface area contributed by atoms with Crippen LogP contribution in [0.4, 0.5) is 0 Å². The first-order valence-electron chi connectivity index (χ1n) is 7.00. The van der Waals surface area contributed by atoms with Crippen molar-refractivity contribution >= 4 is 5.91 Å². The van der Waals surface area contributed by atoms with Crippen molar-refractivity contribution in [3.63, 3.8) is 0 Å². The highest BCUT2D eigenvalue weighted by molar-refractivity contribution is 5.92. The molecule has 2 fully saturated rings. The third kappa shape index (κ3) is 2.39. The van der Waals surface area contributed by atoms with Crippen LogP contribution in [0.25, 0.3) is 0 Å². The van der Waals surface area contributed by atoms with E-state index in [1.165, 1.54) is 6.26 Å². The molecule has 1 amide bonds. The molecule has 0 saturated carbocycles. The summed E-state index contributed by atoms with van der Waals surface area (Å²) in [5, 5.41) is 0. The lowest BCUT2D eigenvalue weighted by Crippen LogP contribution is -2.43. The molecule has 0 aromatic carbocycles. The van der Waals surface area contributed by atoms with E-state index in [1.807, 2.05) is 4.90 Å². The van der Waals surface area contributed by atoms with Crippen LogP contribution in [0.5, 0.6) is 0 Å². The third-order valence-corrected chi connectivity index (χ3v) is 3.90. The number of fused-ring (bicyclic) bond motifs is 1. The van der Waals surface area contributed by atoms with Gasteiger partial charge < -0.3 is 18.8 Å². The van der Waals surface area contributed by atoms with Crippen molar-refractivity contribution in [2.45, 2.75) is 31.1 Å². The van der Waals surface area contributed by atoms with Crippen LogP contribution in [0.15, 0.2) is 35.5 Å². The van der Waals surface area contributed by atoms with Crippen LogP contribution in [0.1, 0.15) is 23.4 Å². The maximum absolute atomic E-state index is 12.5. The van der Waals surface area contributed by atoms with Gasteiger partial charge >= 0.3 is 0 Å². The van der Waals surface area contributed by atoms with Crippen molar-refractivity contribution in [3.05, 3.63) is 36.8 Å². The molecule has 5 heteroatoms. The summed E-state index contributed by atoms with van der Waals surface area (Å²) in [4.78, 5) is 14.3. The quantitative estimate of drug-likeness (QED) is 0.788. The summed E-state index contributed by atoms with van der Waals surface area (Å²) in [5.41, 5.74) is 0. The largest absolute Gasteiger partial charge is 0.459 e. The molecular weight excluding hydrogens is 258 g/mol. The highest BCUT2D eigenvalue weighted by atomic mass is 16.5. The van der Waals surface area contributed by atoms with Crippen molar-refractivity contribution in [2.75, 3.05) is 19.8 Å². The van der Waals surface area contributed by atoms with Gasteiger partial charge in [-0.25, -0.2) is 0 Å². The molecule has 0 spiro atoms. The van der Waals surface area contributed by atoms with Gasteiger partial charge in [0.05, 0.1) is 25.5 Å². The molecule has 2 aliphatic heterocycles. The van der Waals surface area contributed by atoms with Crippen LogP contribution in [0, 0.1) is 0 Å². The average molecular weight is 277 g/mol. The minimum absolute atomic E-state index is 0.0392. The standard InChI is InChI=1S/C15H19NO4/c1-2-7-18-13-10-16(11-5-3-9-20-14(11)13)15(17)12-6-4-8-19-12/h2,4,6,8,11,13-14H,1,3,5,7,9-10H2/t11-,13+,14+/m1/s1. The Bertz CT molecular complexity index is 470. The lowest BCUT2D eigenvalue weighted by molar-refractivity contribution is -0.0708. The lowest BCUT2D eigenvalue weighted by atomic mass is 10.0. The van der Waals surface area contributed by atoms with Crippen LogP contribution in [-0.4, -0.2) is 48.8 Å². The summed E-state index contributed by atoms with van der Waals surface area (Å²) >= 11 is 0. The van der Waals surface area contributed by atoms with Crippen LogP contribution >= 0.6 is 0 Å². The second kappa shape index (κ2) is 5.81. The topological polar surface area (TPSA) is 51.9 Å². The summed E-state index contributed by atoms with van der Waals surface area (Å²) in [6.45, 7) is 5.41. The van der Waals surface area contributed by atoms with Gasteiger partial charge in [0.2, 0.25) is 0 Å². The molecule has 1 aromatic heterocycles. The van der Waals surface area contributed by atoms with Crippen molar-refractivity contribution in [3.8, 4) is 0 Å². The van der Waals surface area contributed by atoms with Crippen molar-refractivity contribution in [2.24, 2.45) is 0 Å². The van der Waals surface area contributed by atoms with Crippen molar-refractivity contribution in [1.29, 1.82) is 0 Å². The van der Waals surface area contributed by atoms with Gasteiger partial charge in [-0.15, -0.1) is 6.58 Å². The zero-order chi connectivity index (χ0) is 13.9. The first-order valence-corrected chi connectivity index (χ1v) is 7.00. The Kier molecular flexibility index (Phi) is 3.89. The Morgan fingerprint density at radius 3 is 3.25 bits per heavy atom. The summed E-state index contributed by atoms with van der Waals surface area (Å²) in [6, 6.07) is 3.50. The summed E-state index contributed by atoms with van der Waals surface area (Å²) in [5.74, 6) is 0.291. The molecule has 2 aliphatic rings. The van der Waals surface area contributed by atoms with Gasteiger partial charge in [0.25, 0.3) is 5.91 Å². The van der Waals surface area contributed by atoms with Gasteiger partial charge in [-0.3, -0.25) is 4.79 Å². The monoisotopic (exact) mass is 277 g/mol. The van der Waals surface area contributed by atoms with Crippen molar-refractivity contribution < 1.29 is 18.7 Å². The molecule has 3 atom stereocenters. The average Bonchev–Trinajstić information content (AvgIpc) is 3.12. The van der Waals surface area contributed by atoms with E-state index < -0.39 is 0 Å². The number of hydrogen-bond acceptors (Lipinski definition) is 4. The maximum atomic E-state index is 12.5. The second-order valence-corrected chi connectivity index (χ2v) is 5.14. The number of nitrogens with zero attached hydrogens (tertiary/aromatic N) is 1. The second-order valence-electron chi connectivity index (χ2n) is 5.14. The molecule has 0 unspecified atom stereocenters. The van der Waals surface area contributed by atoms with Crippen LogP contribution in [0.2, 0.25) is 0 Å². The van der Waals surface area contributed by atoms with Gasteiger partial charge in [0.1, 0.15) is 12.2 Å². The van der Waals surface area contributed by atoms with Gasteiger partial charge in [-0.05, 0) is 25.0 Å². The maximum Gasteiger partial charge on any atom is 0.289 e. The predicted octanol–water partition coefficient (Wildman–Crippen LogP) is 1.85. The molecule has 0 bridgehead atoms. The van der Waals surface area contributed by atoms with Gasteiger partial charge in [0.15, 0.2) is 5.76 Å². The third-order valence-electron chi connectivity index (χ3n) is 3.90. The predicted molar refractivity (Wildman–Crippen MR) is 72.4 cm³/mol. The number of hydrogen-bond donors (Lipinski definition) is 0. The molecule has 1 aromatic rings. The van der Waals surface area contributed by atoms with E-state index in [-0.39, 0.29) is 24.2 Å². The number of carbonyl (C=O) groups is 1. The number of rotatable bonds is 4. The fourth-order valence-electron chi connectivity index (χ4n) is 3.02. The smallest absolute Gasteiger partial charge is 0.289 e. The zero-order valence-electron chi connectivity index (χ0n) is 11.4. The van der Waals surface area contributed by atoms with Gasteiger partial charge in [-0.1, -0.05) is 6.08 Å². The first-order chi connectivity index (χ1) is 9.81. The van der Waals surface area contributed by atoms with E-state index in [0.717, 1.165) is 19.4 Å².